The van der Waals surface area contributed by atoms with Gasteiger partial charge < -0.3 is 24.3 Å². The number of hydrogen-bond acceptors (Lipinski definition) is 8. The van der Waals surface area contributed by atoms with Crippen LogP contribution in [-0.4, -0.2) is 55.5 Å². The van der Waals surface area contributed by atoms with E-state index in [2.05, 4.69) is 5.32 Å². The first-order chi connectivity index (χ1) is 25.1. The molecular formula is C42H46N2O8. The number of Topliss-reactive ketones (excluding diaryl/α,β-unsaturated/α-hetero) is 1. The largest absolute Gasteiger partial charge is 0.493 e. The predicted molar refractivity (Wildman–Crippen MR) is 197 cm³/mol. The van der Waals surface area contributed by atoms with Crippen LogP contribution in [0, 0.1) is 12.8 Å². The van der Waals surface area contributed by atoms with Crippen LogP contribution in [0.2, 0.25) is 0 Å². The molecule has 4 bridgehead atoms. The Kier molecular flexibility index (Phi) is 12.7. The number of esters is 1. The fourth-order valence-corrected chi connectivity index (χ4v) is 6.24. The fourth-order valence-electron chi connectivity index (χ4n) is 6.24. The van der Waals surface area contributed by atoms with E-state index in [9.17, 15) is 19.2 Å². The van der Waals surface area contributed by atoms with Crippen LogP contribution in [0.4, 0.5) is 4.79 Å². The molecule has 52 heavy (non-hydrogen) atoms. The molecule has 4 aromatic carbocycles. The summed E-state index contributed by atoms with van der Waals surface area (Å²) in [5.41, 5.74) is 5.29. The monoisotopic (exact) mass is 706 g/mol. The lowest BCUT2D eigenvalue weighted by atomic mass is 9.88. The Balaban J connectivity index is 1.64. The van der Waals surface area contributed by atoms with Crippen molar-refractivity contribution in [3.8, 4) is 22.6 Å². The molecule has 0 saturated carbocycles. The number of carbonyl (C=O) groups is 4. The van der Waals surface area contributed by atoms with Crippen molar-refractivity contribution in [3.63, 3.8) is 0 Å². The van der Waals surface area contributed by atoms with Crippen LogP contribution < -0.4 is 14.8 Å². The van der Waals surface area contributed by atoms with Gasteiger partial charge in [-0.15, -0.1) is 0 Å². The van der Waals surface area contributed by atoms with Gasteiger partial charge in [0.2, 0.25) is 5.91 Å². The minimum atomic E-state index is -1.09. The maximum atomic E-state index is 14.2. The molecule has 0 aromatic heterocycles. The van der Waals surface area contributed by atoms with Crippen LogP contribution in [0.5, 0.6) is 11.5 Å². The number of amides is 2. The first-order valence-electron chi connectivity index (χ1n) is 17.5. The van der Waals surface area contributed by atoms with Crippen molar-refractivity contribution < 1.29 is 38.1 Å². The van der Waals surface area contributed by atoms with E-state index in [1.807, 2.05) is 98.8 Å². The average Bonchev–Trinajstić information content (AvgIpc) is 3.16. The SMILES string of the molecule is CCCOc1ccc2cc1-c1cc(c(OCc3ccccc3)cc1C)C[C@@H](C(=O)OC)NC(=O)[C@H](C)CC(=O)[C@H]2N(C)C(=O)OCc1ccccc1. The maximum absolute atomic E-state index is 14.2. The molecule has 1 heterocycles. The highest BCUT2D eigenvalue weighted by Crippen LogP contribution is 2.40. The molecule has 1 aliphatic rings. The molecule has 1 N–H and O–H groups in total. The summed E-state index contributed by atoms with van der Waals surface area (Å²) >= 11 is 0. The number of ether oxygens (including phenoxy) is 4. The fraction of sp³-hybridized carbons (Fsp3) is 0.333. The number of nitrogens with one attached hydrogen (secondary N) is 1. The van der Waals surface area contributed by atoms with E-state index in [-0.39, 0.29) is 31.8 Å². The molecule has 2 amide bonds. The Labute approximate surface area is 305 Å². The summed E-state index contributed by atoms with van der Waals surface area (Å²) in [5.74, 6) is -1.21. The van der Waals surface area contributed by atoms with Crippen molar-refractivity contribution in [1.29, 1.82) is 0 Å². The number of fused-ring (bicyclic) bond motifs is 5. The topological polar surface area (TPSA) is 120 Å². The summed E-state index contributed by atoms with van der Waals surface area (Å²) in [6, 6.07) is 26.1. The molecule has 3 atom stereocenters. The van der Waals surface area contributed by atoms with Crippen molar-refractivity contribution in [1.82, 2.24) is 10.2 Å². The number of hydrogen-bond donors (Lipinski definition) is 1. The molecule has 272 valence electrons. The van der Waals surface area contributed by atoms with E-state index < -0.39 is 36.0 Å². The minimum absolute atomic E-state index is 0.0222. The number of nitrogens with zero attached hydrogens (tertiary/aromatic N) is 1. The molecule has 4 aromatic rings. The van der Waals surface area contributed by atoms with Crippen molar-refractivity contribution in [3.05, 3.63) is 119 Å². The molecular weight excluding hydrogens is 660 g/mol. The lowest BCUT2D eigenvalue weighted by molar-refractivity contribution is -0.145. The lowest BCUT2D eigenvalue weighted by Crippen LogP contribution is -2.46. The zero-order valence-electron chi connectivity index (χ0n) is 30.3. The van der Waals surface area contributed by atoms with Crippen LogP contribution in [0.3, 0.4) is 0 Å². The van der Waals surface area contributed by atoms with Gasteiger partial charge in [0.25, 0.3) is 0 Å². The van der Waals surface area contributed by atoms with E-state index in [4.69, 9.17) is 18.9 Å². The Morgan fingerprint density at radius 2 is 1.50 bits per heavy atom. The Bertz CT molecular complexity index is 1880. The zero-order valence-corrected chi connectivity index (χ0v) is 30.3. The molecule has 0 saturated heterocycles. The van der Waals surface area contributed by atoms with Crippen LogP contribution in [0.15, 0.2) is 91.0 Å². The van der Waals surface area contributed by atoms with E-state index in [0.717, 1.165) is 28.7 Å². The van der Waals surface area contributed by atoms with Crippen molar-refractivity contribution in [2.45, 2.75) is 65.3 Å². The van der Waals surface area contributed by atoms with E-state index in [1.54, 1.807) is 13.0 Å². The number of benzene rings is 4. The van der Waals surface area contributed by atoms with E-state index >= 15 is 0 Å². The quantitative estimate of drug-likeness (QED) is 0.173. The second-order valence-electron chi connectivity index (χ2n) is 13.1. The van der Waals surface area contributed by atoms with Gasteiger partial charge in [-0.25, -0.2) is 9.59 Å². The average molecular weight is 707 g/mol. The Morgan fingerprint density at radius 1 is 0.827 bits per heavy atom. The number of carbonyl (C=O) groups excluding carboxylic acids is 4. The van der Waals surface area contributed by atoms with Gasteiger partial charge in [0.15, 0.2) is 5.78 Å². The van der Waals surface area contributed by atoms with E-state index in [1.165, 1.54) is 19.1 Å². The molecule has 5 rings (SSSR count). The molecule has 10 heteroatoms. The second kappa shape index (κ2) is 17.5. The van der Waals surface area contributed by atoms with Crippen LogP contribution >= 0.6 is 0 Å². The molecule has 0 aliphatic carbocycles. The van der Waals surface area contributed by atoms with Gasteiger partial charge in [-0.2, -0.15) is 0 Å². The molecule has 10 nitrogen and oxygen atoms in total. The molecule has 1 aliphatic heterocycles. The van der Waals surface area contributed by atoms with Gasteiger partial charge >= 0.3 is 12.1 Å². The summed E-state index contributed by atoms with van der Waals surface area (Å²) in [7, 11) is 2.78. The predicted octanol–water partition coefficient (Wildman–Crippen LogP) is 7.15. The van der Waals surface area contributed by atoms with Crippen molar-refractivity contribution in [2.75, 3.05) is 20.8 Å². The van der Waals surface area contributed by atoms with Gasteiger partial charge in [-0.3, -0.25) is 14.5 Å². The third-order valence-electron chi connectivity index (χ3n) is 9.08. The van der Waals surface area contributed by atoms with Crippen LogP contribution in [0.1, 0.15) is 60.5 Å². The first kappa shape index (κ1) is 37.6. The summed E-state index contributed by atoms with van der Waals surface area (Å²) in [4.78, 5) is 55.7. The minimum Gasteiger partial charge on any atom is -0.493 e. The van der Waals surface area contributed by atoms with Gasteiger partial charge in [-0.05, 0) is 71.0 Å². The zero-order chi connectivity index (χ0) is 37.2. The Morgan fingerprint density at radius 3 is 2.15 bits per heavy atom. The second-order valence-corrected chi connectivity index (χ2v) is 13.1. The third kappa shape index (κ3) is 9.17. The summed E-state index contributed by atoms with van der Waals surface area (Å²) in [6.07, 6.45) is -0.0649. The Hall–Kier alpha value is -5.64. The van der Waals surface area contributed by atoms with Crippen molar-refractivity contribution in [2.24, 2.45) is 5.92 Å². The van der Waals surface area contributed by atoms with Gasteiger partial charge in [0, 0.05) is 31.4 Å². The number of methoxy groups -OCH3 is 1. The number of aryl methyl sites for hydroxylation is 1. The molecule has 0 radical (unpaired) electrons. The first-order valence-corrected chi connectivity index (χ1v) is 17.5. The lowest BCUT2D eigenvalue weighted by Gasteiger charge is -2.29. The van der Waals surface area contributed by atoms with Crippen LogP contribution in [-0.2, 0) is 43.5 Å². The van der Waals surface area contributed by atoms with Gasteiger partial charge in [0.05, 0.1) is 13.7 Å². The highest BCUT2D eigenvalue weighted by Gasteiger charge is 2.34. The van der Waals surface area contributed by atoms with Gasteiger partial charge in [0.1, 0.15) is 36.8 Å². The highest BCUT2D eigenvalue weighted by atomic mass is 16.6. The standard InChI is InChI=1S/C42H46N2O8/c1-6-19-50-37-18-17-31-22-34(37)33-23-32(38(21-27(33)2)51-25-29-13-9-7-10-14-29)24-35(41(47)49-5)43-40(46)28(3)20-36(45)39(31)44(4)42(48)52-26-30-15-11-8-12-16-30/h7-18,21-23,28,35,39H,6,19-20,24-26H2,1-5H3,(H,43,46)/t28-,35+,39+/m1/s1. The number of rotatable bonds is 10. The van der Waals surface area contributed by atoms with E-state index in [0.29, 0.717) is 34.8 Å². The number of likely N-dealkylation sites (N-methyl/N-ethyl adjacent to an activating group) is 1. The third-order valence-corrected chi connectivity index (χ3v) is 9.08. The smallest absolute Gasteiger partial charge is 0.410 e. The molecule has 0 spiro atoms. The molecule has 0 unspecified atom stereocenters. The highest BCUT2D eigenvalue weighted by molar-refractivity contribution is 5.94. The normalized spacial score (nSPS) is 17.3. The van der Waals surface area contributed by atoms with Crippen molar-refractivity contribution >= 4 is 23.8 Å². The maximum Gasteiger partial charge on any atom is 0.410 e. The summed E-state index contributed by atoms with van der Waals surface area (Å²) < 4.78 is 23.3. The van der Waals surface area contributed by atoms with Gasteiger partial charge in [-0.1, -0.05) is 80.6 Å². The summed E-state index contributed by atoms with van der Waals surface area (Å²) in [6.45, 7) is 6.35. The summed E-state index contributed by atoms with van der Waals surface area (Å²) in [5, 5.41) is 2.82. The number of ketones is 1. The molecule has 0 fully saturated rings. The van der Waals surface area contributed by atoms with Crippen LogP contribution in [0.25, 0.3) is 11.1 Å².